The molecule has 2 atom stereocenters. The molecule has 3 aromatic rings. The lowest BCUT2D eigenvalue weighted by molar-refractivity contribution is 0.206. The first-order valence-corrected chi connectivity index (χ1v) is 12.6. The normalized spacial score (nSPS) is 19.5. The Morgan fingerprint density at radius 2 is 2.08 bits per heavy atom. The quantitative estimate of drug-likeness (QED) is 0.440. The molecule has 1 saturated heterocycles. The van der Waals surface area contributed by atoms with Crippen LogP contribution < -0.4 is 15.8 Å². The maximum Gasteiger partial charge on any atom is 0.317 e. The fourth-order valence-corrected chi connectivity index (χ4v) is 5.86. The molecule has 3 N–H and O–H groups in total. The first kappa shape index (κ1) is 24.6. The third kappa shape index (κ3) is 4.24. The molecule has 0 saturated carbocycles. The molecule has 2 aliphatic heterocycles. The van der Waals surface area contributed by atoms with E-state index in [0.717, 1.165) is 42.9 Å². The van der Waals surface area contributed by atoms with E-state index in [1.807, 2.05) is 16.5 Å². The summed E-state index contributed by atoms with van der Waals surface area (Å²) in [6.45, 7) is 6.42. The highest BCUT2D eigenvalue weighted by molar-refractivity contribution is 6.36. The molecular weight excluding hydrogens is 506 g/mol. The van der Waals surface area contributed by atoms with Crippen LogP contribution in [-0.4, -0.2) is 45.3 Å². The van der Waals surface area contributed by atoms with Gasteiger partial charge in [-0.25, -0.2) is 14.2 Å². The largest absolute Gasteiger partial charge is 0.482 e. The number of nitrogens with zero attached hydrogens (tertiary/aromatic N) is 4. The van der Waals surface area contributed by atoms with E-state index in [-0.39, 0.29) is 22.3 Å². The van der Waals surface area contributed by atoms with Gasteiger partial charge in [-0.15, -0.1) is 0 Å². The van der Waals surface area contributed by atoms with Crippen LogP contribution in [0.4, 0.5) is 15.0 Å². The summed E-state index contributed by atoms with van der Waals surface area (Å²) in [6.07, 6.45) is 2.83. The minimum absolute atomic E-state index is 0.0234. The van der Waals surface area contributed by atoms with Crippen LogP contribution >= 0.6 is 23.2 Å². The summed E-state index contributed by atoms with van der Waals surface area (Å²) in [7, 11) is 0. The van der Waals surface area contributed by atoms with Crippen molar-refractivity contribution in [3.63, 3.8) is 0 Å². The van der Waals surface area contributed by atoms with Gasteiger partial charge in [0.05, 0.1) is 10.7 Å². The van der Waals surface area contributed by atoms with E-state index in [9.17, 15) is 9.18 Å². The summed E-state index contributed by atoms with van der Waals surface area (Å²) in [6, 6.07) is 6.45. The zero-order valence-corrected chi connectivity index (χ0v) is 21.5. The highest BCUT2D eigenvalue weighted by atomic mass is 35.5. The van der Waals surface area contributed by atoms with Gasteiger partial charge in [-0.1, -0.05) is 23.2 Å². The van der Waals surface area contributed by atoms with Crippen molar-refractivity contribution in [2.45, 2.75) is 44.8 Å². The van der Waals surface area contributed by atoms with Crippen LogP contribution in [0.3, 0.4) is 0 Å². The minimum atomic E-state index is -0.672. The van der Waals surface area contributed by atoms with Crippen molar-refractivity contribution in [1.29, 1.82) is 0 Å². The molecule has 2 aliphatic rings. The summed E-state index contributed by atoms with van der Waals surface area (Å²) < 4.78 is 22.1. The molecule has 0 bridgehead atoms. The Balaban J connectivity index is 1.40. The number of anilines is 1. The summed E-state index contributed by atoms with van der Waals surface area (Å²) in [5.74, 6) is -0.0705. The number of halogens is 3. The van der Waals surface area contributed by atoms with E-state index in [1.54, 1.807) is 19.2 Å². The topological polar surface area (TPSA) is 98.3 Å². The third-order valence-corrected chi connectivity index (χ3v) is 7.78. The van der Waals surface area contributed by atoms with Crippen LogP contribution in [0.2, 0.25) is 10.0 Å². The van der Waals surface area contributed by atoms with E-state index < -0.39 is 11.9 Å². The van der Waals surface area contributed by atoms with Crippen LogP contribution in [0.1, 0.15) is 44.1 Å². The monoisotopic (exact) mass is 532 g/mol. The van der Waals surface area contributed by atoms with Gasteiger partial charge >= 0.3 is 6.03 Å². The molecule has 36 heavy (non-hydrogen) atoms. The highest BCUT2D eigenvalue weighted by Crippen LogP contribution is 2.44. The number of nitrogens with one attached hydrogen (secondary N) is 1. The number of nitrogen functional groups attached to an aromatic ring is 1. The maximum atomic E-state index is 14.0. The maximum absolute atomic E-state index is 14.0. The zero-order chi connectivity index (χ0) is 25.6. The molecule has 4 heterocycles. The van der Waals surface area contributed by atoms with Gasteiger partial charge < -0.3 is 20.7 Å². The number of hydrogen-bond donors (Lipinski definition) is 2. The molecule has 1 spiro atoms. The van der Waals surface area contributed by atoms with E-state index in [1.165, 1.54) is 12.1 Å². The third-order valence-electron chi connectivity index (χ3n) is 7.06. The molecule has 0 radical (unpaired) electrons. The first-order chi connectivity index (χ1) is 17.2. The van der Waals surface area contributed by atoms with Crippen molar-refractivity contribution in [3.8, 4) is 17.0 Å². The molecule has 11 heteroatoms. The van der Waals surface area contributed by atoms with Crippen LogP contribution in [0.25, 0.3) is 11.3 Å². The lowest BCUT2D eigenvalue weighted by Crippen LogP contribution is -2.40. The van der Waals surface area contributed by atoms with E-state index in [0.29, 0.717) is 29.4 Å². The van der Waals surface area contributed by atoms with Crippen molar-refractivity contribution in [2.75, 3.05) is 25.4 Å². The van der Waals surface area contributed by atoms with Gasteiger partial charge in [0, 0.05) is 59.6 Å². The average molecular weight is 533 g/mol. The smallest absolute Gasteiger partial charge is 0.317 e. The second kappa shape index (κ2) is 9.44. The van der Waals surface area contributed by atoms with Crippen LogP contribution in [0.15, 0.2) is 30.5 Å². The standard InChI is InChI=1S/C25H27Cl2FN6O2/c1-3-30-24(35)33-8-6-25(13-33)7-9-34-20(25)11-18(32-34)15-10-19(23(29)31-12-15)36-14(2)21-16(26)4-5-17(28)22(21)27/h4-5,10-12,14H,3,6-9,13H2,1-2H3,(H2,29,31)(H,30,35)/t14-,25?/m1/s1. The highest BCUT2D eigenvalue weighted by Gasteiger charge is 2.46. The molecular formula is C25H27Cl2FN6O2. The number of ether oxygens (including phenoxy) is 1. The Kier molecular flexibility index (Phi) is 6.46. The Labute approximate surface area is 218 Å². The minimum Gasteiger partial charge on any atom is -0.482 e. The van der Waals surface area contributed by atoms with E-state index in [4.69, 9.17) is 38.8 Å². The predicted octanol–water partition coefficient (Wildman–Crippen LogP) is 5.19. The van der Waals surface area contributed by atoms with E-state index in [2.05, 4.69) is 16.4 Å². The van der Waals surface area contributed by atoms with Crippen molar-refractivity contribution in [1.82, 2.24) is 25.0 Å². The van der Waals surface area contributed by atoms with Gasteiger partial charge in [0.2, 0.25) is 0 Å². The number of pyridine rings is 1. The molecule has 1 aromatic carbocycles. The number of carbonyl (C=O) groups is 1. The lowest BCUT2D eigenvalue weighted by atomic mass is 9.82. The zero-order valence-electron chi connectivity index (χ0n) is 20.0. The van der Waals surface area contributed by atoms with Gasteiger partial charge in [0.1, 0.15) is 11.9 Å². The summed E-state index contributed by atoms with van der Waals surface area (Å²) in [5, 5.41) is 7.90. The molecule has 0 aliphatic carbocycles. The van der Waals surface area contributed by atoms with Crippen molar-refractivity contribution >= 4 is 35.1 Å². The van der Waals surface area contributed by atoms with Gasteiger partial charge in [0.15, 0.2) is 11.6 Å². The van der Waals surface area contributed by atoms with Gasteiger partial charge in [-0.3, -0.25) is 4.68 Å². The van der Waals surface area contributed by atoms with Crippen molar-refractivity contribution in [2.24, 2.45) is 0 Å². The number of fused-ring (bicyclic) bond motifs is 2. The summed E-state index contributed by atoms with van der Waals surface area (Å²) in [5.41, 5.74) is 8.92. The molecule has 8 nitrogen and oxygen atoms in total. The summed E-state index contributed by atoms with van der Waals surface area (Å²) in [4.78, 5) is 18.5. The Morgan fingerprint density at radius 3 is 2.86 bits per heavy atom. The second-order valence-electron chi connectivity index (χ2n) is 9.30. The van der Waals surface area contributed by atoms with Crippen LogP contribution in [0, 0.1) is 5.82 Å². The number of hydrogen-bond acceptors (Lipinski definition) is 5. The molecule has 1 unspecified atom stereocenters. The number of urea groups is 1. The fraction of sp³-hybridized carbons (Fsp3) is 0.400. The van der Waals surface area contributed by atoms with Gasteiger partial charge in [-0.05, 0) is 51.0 Å². The number of aromatic nitrogens is 3. The van der Waals surface area contributed by atoms with Crippen molar-refractivity contribution < 1.29 is 13.9 Å². The van der Waals surface area contributed by atoms with Crippen molar-refractivity contribution in [3.05, 3.63) is 57.6 Å². The number of nitrogens with two attached hydrogens (primary N) is 1. The number of benzene rings is 1. The Bertz CT molecular complexity index is 1330. The fourth-order valence-electron chi connectivity index (χ4n) is 5.18. The number of likely N-dealkylation sites (tertiary alicyclic amines) is 1. The Hall–Kier alpha value is -3.04. The Morgan fingerprint density at radius 1 is 1.31 bits per heavy atom. The molecule has 2 amide bonds. The molecule has 5 rings (SSSR count). The average Bonchev–Trinajstić information content (AvgIpc) is 3.55. The number of rotatable bonds is 5. The van der Waals surface area contributed by atoms with Gasteiger partial charge in [0.25, 0.3) is 0 Å². The summed E-state index contributed by atoms with van der Waals surface area (Å²) >= 11 is 12.4. The van der Waals surface area contributed by atoms with E-state index >= 15 is 0 Å². The number of amides is 2. The molecule has 1 fully saturated rings. The first-order valence-electron chi connectivity index (χ1n) is 11.9. The van der Waals surface area contributed by atoms with Crippen LogP contribution in [-0.2, 0) is 12.0 Å². The number of aryl methyl sites for hydroxylation is 1. The lowest BCUT2D eigenvalue weighted by Gasteiger charge is -2.23. The SMILES string of the molecule is CCNC(=O)N1CCC2(CCn3nc(-c4cnc(N)c(O[C@H](C)c5c(Cl)ccc(F)c5Cl)c4)cc32)C1. The second-order valence-corrected chi connectivity index (χ2v) is 10.1. The van der Waals surface area contributed by atoms with Gasteiger partial charge in [-0.2, -0.15) is 5.10 Å². The van der Waals surface area contributed by atoms with Crippen LogP contribution in [0.5, 0.6) is 5.75 Å². The molecule has 2 aromatic heterocycles. The molecule has 190 valence electrons. The number of carbonyl (C=O) groups excluding carboxylic acids is 1. The predicted molar refractivity (Wildman–Crippen MR) is 137 cm³/mol.